The molecule has 1 rings (SSSR count). The fourth-order valence-electron chi connectivity index (χ4n) is 1.20. The highest BCUT2D eigenvalue weighted by atomic mass is 32.2. The Morgan fingerprint density at radius 3 is 2.76 bits per heavy atom. The molecule has 1 atom stereocenters. The first-order valence-electron chi connectivity index (χ1n) is 4.60. The van der Waals surface area contributed by atoms with Crippen LogP contribution >= 0.6 is 0 Å². The molecule has 0 saturated carbocycles. The van der Waals surface area contributed by atoms with Gasteiger partial charge in [0.15, 0.2) is 5.03 Å². The molecular weight excluding hydrogens is 250 g/mol. The summed E-state index contributed by atoms with van der Waals surface area (Å²) in [5.74, 6) is -1.31. The van der Waals surface area contributed by atoms with Crippen molar-refractivity contribution in [2.45, 2.75) is 11.1 Å². The van der Waals surface area contributed by atoms with E-state index >= 15 is 0 Å². The van der Waals surface area contributed by atoms with Crippen molar-refractivity contribution in [1.82, 2.24) is 14.5 Å². The lowest BCUT2D eigenvalue weighted by Gasteiger charge is -2.13. The molecule has 1 unspecified atom stereocenters. The van der Waals surface area contributed by atoms with Crippen molar-refractivity contribution in [2.75, 3.05) is 13.7 Å². The largest absolute Gasteiger partial charge is 0.480 e. The highest BCUT2D eigenvalue weighted by Crippen LogP contribution is 2.07. The number of aliphatic carboxylic acids is 1. The average Bonchev–Trinajstić information content (AvgIpc) is 2.64. The van der Waals surface area contributed by atoms with E-state index in [1.165, 1.54) is 26.4 Å². The summed E-state index contributed by atoms with van der Waals surface area (Å²) < 4.78 is 31.4. The van der Waals surface area contributed by atoms with Crippen LogP contribution in [0.1, 0.15) is 0 Å². The summed E-state index contributed by atoms with van der Waals surface area (Å²) >= 11 is 0. The molecule has 17 heavy (non-hydrogen) atoms. The molecular formula is C8H13N3O5S. The van der Waals surface area contributed by atoms with E-state index in [1.54, 1.807) is 0 Å². The number of nitrogens with zero attached hydrogens (tertiary/aromatic N) is 2. The highest BCUT2D eigenvalue weighted by Gasteiger charge is 2.27. The number of hydrogen-bond donors (Lipinski definition) is 2. The van der Waals surface area contributed by atoms with Gasteiger partial charge in [-0.05, 0) is 6.07 Å². The van der Waals surface area contributed by atoms with Gasteiger partial charge in [0.2, 0.25) is 0 Å². The van der Waals surface area contributed by atoms with E-state index < -0.39 is 22.0 Å². The summed E-state index contributed by atoms with van der Waals surface area (Å²) in [5.41, 5.74) is 0. The zero-order chi connectivity index (χ0) is 13.1. The Bertz CT molecular complexity index is 495. The number of hydrogen-bond acceptors (Lipinski definition) is 5. The number of aryl methyl sites for hydroxylation is 1. The van der Waals surface area contributed by atoms with Crippen molar-refractivity contribution >= 4 is 16.0 Å². The minimum absolute atomic E-state index is 0.111. The second-order valence-electron chi connectivity index (χ2n) is 3.26. The highest BCUT2D eigenvalue weighted by molar-refractivity contribution is 7.89. The zero-order valence-corrected chi connectivity index (χ0v) is 10.1. The molecule has 8 nitrogen and oxygen atoms in total. The van der Waals surface area contributed by atoms with Gasteiger partial charge < -0.3 is 9.84 Å². The van der Waals surface area contributed by atoms with Gasteiger partial charge in [0, 0.05) is 14.2 Å². The van der Waals surface area contributed by atoms with Gasteiger partial charge in [-0.25, -0.2) is 8.42 Å². The minimum Gasteiger partial charge on any atom is -0.480 e. The van der Waals surface area contributed by atoms with Crippen LogP contribution in [0.5, 0.6) is 0 Å². The van der Waals surface area contributed by atoms with E-state index in [1.807, 2.05) is 4.72 Å². The molecule has 0 aliphatic rings. The smallest absolute Gasteiger partial charge is 0.324 e. The molecule has 0 spiro atoms. The maximum absolute atomic E-state index is 11.8. The van der Waals surface area contributed by atoms with Crippen LogP contribution in [0, 0.1) is 0 Å². The first-order chi connectivity index (χ1) is 7.88. The van der Waals surface area contributed by atoms with Crippen LogP contribution < -0.4 is 4.72 Å². The van der Waals surface area contributed by atoms with Crippen molar-refractivity contribution in [3.05, 3.63) is 12.3 Å². The maximum Gasteiger partial charge on any atom is 0.324 e. The Labute approximate surface area is 98.2 Å². The lowest BCUT2D eigenvalue weighted by atomic mass is 10.3. The van der Waals surface area contributed by atoms with Gasteiger partial charge in [0.1, 0.15) is 6.04 Å². The van der Waals surface area contributed by atoms with E-state index in [0.29, 0.717) is 0 Å². The molecule has 1 aromatic rings. The lowest BCUT2D eigenvalue weighted by molar-refractivity contribution is -0.140. The number of carboxylic acid groups (broad SMARTS) is 1. The molecule has 0 amide bonds. The van der Waals surface area contributed by atoms with Gasteiger partial charge >= 0.3 is 5.97 Å². The Morgan fingerprint density at radius 1 is 1.71 bits per heavy atom. The van der Waals surface area contributed by atoms with Crippen LogP contribution in [0.25, 0.3) is 0 Å². The molecule has 2 N–H and O–H groups in total. The third kappa shape index (κ3) is 3.25. The molecule has 1 aromatic heterocycles. The van der Waals surface area contributed by atoms with Gasteiger partial charge in [-0.3, -0.25) is 9.48 Å². The van der Waals surface area contributed by atoms with Gasteiger partial charge in [-0.1, -0.05) is 0 Å². The average molecular weight is 263 g/mol. The fraction of sp³-hybridized carbons (Fsp3) is 0.500. The third-order valence-corrected chi connectivity index (χ3v) is 3.53. The van der Waals surface area contributed by atoms with Crippen molar-refractivity contribution in [1.29, 1.82) is 0 Å². The Morgan fingerprint density at radius 2 is 2.35 bits per heavy atom. The fourth-order valence-corrected chi connectivity index (χ4v) is 2.49. The molecule has 0 aliphatic heterocycles. The van der Waals surface area contributed by atoms with E-state index in [-0.39, 0.29) is 11.6 Å². The van der Waals surface area contributed by atoms with Crippen LogP contribution in [0.4, 0.5) is 0 Å². The molecule has 1 heterocycles. The van der Waals surface area contributed by atoms with Crippen LogP contribution in [0.3, 0.4) is 0 Å². The predicted octanol–water partition coefficient (Wildman–Crippen LogP) is -1.20. The second kappa shape index (κ2) is 5.25. The lowest BCUT2D eigenvalue weighted by Crippen LogP contribution is -2.44. The van der Waals surface area contributed by atoms with Crippen molar-refractivity contribution in [3.63, 3.8) is 0 Å². The summed E-state index contributed by atoms with van der Waals surface area (Å²) in [4.78, 5) is 10.8. The third-order valence-electron chi connectivity index (χ3n) is 1.98. The van der Waals surface area contributed by atoms with Crippen LogP contribution in [-0.4, -0.2) is 49.0 Å². The van der Waals surface area contributed by atoms with Gasteiger partial charge in [0.05, 0.1) is 12.8 Å². The molecule has 0 radical (unpaired) electrons. The van der Waals surface area contributed by atoms with E-state index in [2.05, 4.69) is 9.84 Å². The number of sulfonamides is 1. The van der Waals surface area contributed by atoms with E-state index in [0.717, 1.165) is 4.68 Å². The number of methoxy groups -OCH3 is 1. The number of rotatable bonds is 6. The number of carbonyl (C=O) groups is 1. The molecule has 9 heteroatoms. The first kappa shape index (κ1) is 13.6. The molecule has 0 saturated heterocycles. The van der Waals surface area contributed by atoms with Gasteiger partial charge in [0.25, 0.3) is 10.0 Å². The minimum atomic E-state index is -3.92. The Hall–Kier alpha value is -1.45. The normalized spacial score (nSPS) is 13.5. The maximum atomic E-state index is 11.8. The monoisotopic (exact) mass is 263 g/mol. The summed E-state index contributed by atoms with van der Waals surface area (Å²) in [6.07, 6.45) is 1.31. The summed E-state index contributed by atoms with van der Waals surface area (Å²) in [7, 11) is -1.19. The van der Waals surface area contributed by atoms with Crippen LogP contribution in [0.15, 0.2) is 17.3 Å². The number of ether oxygens (including phenoxy) is 1. The van der Waals surface area contributed by atoms with Crippen molar-refractivity contribution in [2.24, 2.45) is 7.05 Å². The zero-order valence-electron chi connectivity index (χ0n) is 9.32. The molecule has 0 aromatic carbocycles. The SMILES string of the molecule is COCC(NS(=O)(=O)c1ccnn1C)C(=O)O. The van der Waals surface area contributed by atoms with Crippen molar-refractivity contribution < 1.29 is 23.1 Å². The molecule has 0 aliphatic carbocycles. The number of nitrogens with one attached hydrogen (secondary N) is 1. The molecule has 96 valence electrons. The quantitative estimate of drug-likeness (QED) is 0.667. The predicted molar refractivity (Wildman–Crippen MR) is 56.8 cm³/mol. The summed E-state index contributed by atoms with van der Waals surface area (Å²) in [6, 6.07) is -0.0616. The Kier molecular flexibility index (Phi) is 4.21. The summed E-state index contributed by atoms with van der Waals surface area (Å²) in [5, 5.41) is 12.4. The number of carboxylic acids is 1. The second-order valence-corrected chi connectivity index (χ2v) is 4.92. The van der Waals surface area contributed by atoms with Crippen molar-refractivity contribution in [3.8, 4) is 0 Å². The summed E-state index contributed by atoms with van der Waals surface area (Å²) in [6.45, 7) is -0.258. The van der Waals surface area contributed by atoms with Crippen LogP contribution in [-0.2, 0) is 26.6 Å². The topological polar surface area (TPSA) is 111 Å². The number of aromatic nitrogens is 2. The Balaban J connectivity index is 2.93. The van der Waals surface area contributed by atoms with Gasteiger partial charge in [-0.15, -0.1) is 0 Å². The molecule has 0 bridgehead atoms. The van der Waals surface area contributed by atoms with Gasteiger partial charge in [-0.2, -0.15) is 9.82 Å². The standard InChI is InChI=1S/C8H13N3O5S/c1-11-7(3-4-9-11)17(14,15)10-6(5-16-2)8(12)13/h3-4,6,10H,5H2,1-2H3,(H,12,13). The molecule has 0 fully saturated rings. The van der Waals surface area contributed by atoms with E-state index in [4.69, 9.17) is 5.11 Å². The first-order valence-corrected chi connectivity index (χ1v) is 6.09. The van der Waals surface area contributed by atoms with E-state index in [9.17, 15) is 13.2 Å². The van der Waals surface area contributed by atoms with Crippen LogP contribution in [0.2, 0.25) is 0 Å².